The van der Waals surface area contributed by atoms with Crippen LogP contribution in [0.2, 0.25) is 0 Å². The monoisotopic (exact) mass is 669 g/mol. The normalized spacial score (nSPS) is 11.7. The maximum Gasteiger partial charge on any atom is 0.311 e. The molecular weight excluding hydrogens is 604 g/mol. The lowest BCUT2D eigenvalue weighted by atomic mass is 10.0. The second-order valence-electron chi connectivity index (χ2n) is 14.2. The minimum absolute atomic E-state index is 0. The Morgan fingerprint density at radius 3 is 1.07 bits per heavy atom. The van der Waals surface area contributed by atoms with Crippen LogP contribution in [-0.4, -0.2) is 76.3 Å². The summed E-state index contributed by atoms with van der Waals surface area (Å²) in [5.41, 5.74) is 2.26. The third-order valence-corrected chi connectivity index (χ3v) is 7.90. The maximum absolute atomic E-state index is 12.7. The number of nitrogens with zero attached hydrogens (tertiary/aromatic N) is 2. The van der Waals surface area contributed by atoms with E-state index in [1.165, 1.54) is 64.5 Å². The molecule has 0 spiro atoms. The summed E-state index contributed by atoms with van der Waals surface area (Å²) in [4.78, 5) is 25.4. The van der Waals surface area contributed by atoms with Crippen molar-refractivity contribution in [3.63, 3.8) is 0 Å². The highest BCUT2D eigenvalue weighted by Gasteiger charge is 2.17. The number of halogens is 1. The van der Waals surface area contributed by atoms with Crippen LogP contribution in [0.3, 0.4) is 0 Å². The van der Waals surface area contributed by atoms with Crippen LogP contribution in [0.25, 0.3) is 0 Å². The fraction of sp³-hybridized carbons (Fsp3) is 0.778. The largest absolute Gasteiger partial charge is 1.00 e. The van der Waals surface area contributed by atoms with Crippen molar-refractivity contribution in [2.75, 3.05) is 55.4 Å². The highest BCUT2D eigenvalue weighted by Crippen LogP contribution is 2.33. The first-order chi connectivity index (χ1) is 19.8. The van der Waals surface area contributed by atoms with Gasteiger partial charge in [0.2, 0.25) is 0 Å². The van der Waals surface area contributed by atoms with Crippen LogP contribution in [0.5, 0.6) is 11.5 Å². The summed E-state index contributed by atoms with van der Waals surface area (Å²) in [6, 6.07) is 3.79. The van der Waals surface area contributed by atoms with Crippen molar-refractivity contribution in [1.29, 1.82) is 0 Å². The molecule has 0 aliphatic rings. The fourth-order valence-electron chi connectivity index (χ4n) is 5.29. The number of rotatable bonds is 24. The van der Waals surface area contributed by atoms with Crippen LogP contribution < -0.4 is 26.5 Å². The standard InChI is InChI=1S/C36H66N2O4.BrH/c1-9-31-29-33(41-35(39)25-21-17-13-11-15-19-23-27-37(3,4)5)34(30-32(31)10-2)42-36(40)26-22-18-14-12-16-20-24-28-38(6,7)8;/h29-30H,9-28H2,1-8H3;1H/q+2;/p-1. The number of quaternary nitrogens is 2. The van der Waals surface area contributed by atoms with E-state index in [1.54, 1.807) is 0 Å². The SMILES string of the molecule is CCc1cc(OC(=O)CCCCCCCCC[N+](C)(C)C)c(OC(=O)CCCCCCCCC[N+](C)(C)C)cc1CC.[Br-]. The maximum atomic E-state index is 12.7. The number of aryl methyl sites for hydroxylation is 2. The molecule has 0 aliphatic heterocycles. The minimum atomic E-state index is -0.247. The topological polar surface area (TPSA) is 52.6 Å². The molecule has 1 aromatic rings. The first-order valence-corrected chi connectivity index (χ1v) is 17.0. The van der Waals surface area contributed by atoms with Crippen LogP contribution in [-0.2, 0) is 22.4 Å². The van der Waals surface area contributed by atoms with Gasteiger partial charge in [0.05, 0.1) is 55.4 Å². The zero-order chi connectivity index (χ0) is 31.4. The lowest BCUT2D eigenvalue weighted by Gasteiger charge is -2.23. The fourth-order valence-corrected chi connectivity index (χ4v) is 5.29. The van der Waals surface area contributed by atoms with E-state index in [-0.39, 0.29) is 28.9 Å². The van der Waals surface area contributed by atoms with Crippen molar-refractivity contribution >= 4 is 11.9 Å². The molecule has 0 saturated heterocycles. The number of hydrogen-bond donors (Lipinski definition) is 0. The van der Waals surface area contributed by atoms with E-state index in [2.05, 4.69) is 56.1 Å². The van der Waals surface area contributed by atoms with Crippen molar-refractivity contribution in [3.05, 3.63) is 23.3 Å². The van der Waals surface area contributed by atoms with Crippen molar-refractivity contribution in [1.82, 2.24) is 0 Å². The molecule has 1 rings (SSSR count). The van der Waals surface area contributed by atoms with E-state index in [4.69, 9.17) is 9.47 Å². The Hall–Kier alpha value is -1.44. The van der Waals surface area contributed by atoms with Gasteiger partial charge in [0.15, 0.2) is 11.5 Å². The summed E-state index contributed by atoms with van der Waals surface area (Å²) in [6.07, 6.45) is 18.6. The Kier molecular flexibility index (Phi) is 22.2. The van der Waals surface area contributed by atoms with Crippen molar-refractivity contribution in [3.8, 4) is 11.5 Å². The predicted octanol–water partition coefficient (Wildman–Crippen LogP) is 5.28. The Morgan fingerprint density at radius 1 is 0.512 bits per heavy atom. The Balaban J connectivity index is 0.0000176. The number of carbonyl (C=O) groups is 2. The van der Waals surface area contributed by atoms with Gasteiger partial charge < -0.3 is 35.4 Å². The smallest absolute Gasteiger partial charge is 0.311 e. The molecule has 7 heteroatoms. The molecule has 0 aromatic heterocycles. The van der Waals surface area contributed by atoms with Gasteiger partial charge in [-0.05, 0) is 74.6 Å². The van der Waals surface area contributed by atoms with E-state index in [1.807, 2.05) is 12.1 Å². The Labute approximate surface area is 275 Å². The molecule has 0 fully saturated rings. The minimum Gasteiger partial charge on any atom is -1.00 e. The van der Waals surface area contributed by atoms with Crippen LogP contribution in [0.1, 0.15) is 128 Å². The Morgan fingerprint density at radius 2 is 0.791 bits per heavy atom. The number of ether oxygens (including phenoxy) is 2. The quantitative estimate of drug-likeness (QED) is 0.0651. The highest BCUT2D eigenvalue weighted by atomic mass is 79.9. The molecule has 0 radical (unpaired) electrons. The van der Waals surface area contributed by atoms with Gasteiger partial charge in [0, 0.05) is 12.8 Å². The first-order valence-electron chi connectivity index (χ1n) is 17.0. The third kappa shape index (κ3) is 21.8. The molecule has 0 atom stereocenters. The molecule has 0 heterocycles. The molecule has 0 bridgehead atoms. The lowest BCUT2D eigenvalue weighted by Crippen LogP contribution is -3.00. The lowest BCUT2D eigenvalue weighted by molar-refractivity contribution is -0.870. The molecule has 1 aromatic carbocycles. The molecule has 0 amide bonds. The van der Waals surface area contributed by atoms with E-state index in [0.29, 0.717) is 24.3 Å². The van der Waals surface area contributed by atoms with Crippen molar-refractivity contribution < 1.29 is 45.0 Å². The third-order valence-electron chi connectivity index (χ3n) is 7.90. The van der Waals surface area contributed by atoms with E-state index >= 15 is 0 Å². The van der Waals surface area contributed by atoms with Gasteiger partial charge in [0.25, 0.3) is 0 Å². The summed E-state index contributed by atoms with van der Waals surface area (Å²) in [7, 11) is 13.5. The van der Waals surface area contributed by atoms with Crippen LogP contribution in [0.15, 0.2) is 12.1 Å². The van der Waals surface area contributed by atoms with E-state index in [9.17, 15) is 9.59 Å². The summed E-state index contributed by atoms with van der Waals surface area (Å²) in [5.74, 6) is 0.271. The van der Waals surface area contributed by atoms with Gasteiger partial charge in [-0.2, -0.15) is 0 Å². The number of unbranched alkanes of at least 4 members (excludes halogenated alkanes) is 12. The van der Waals surface area contributed by atoms with Gasteiger partial charge in [-0.1, -0.05) is 65.2 Å². The number of carbonyl (C=O) groups excluding carboxylic acids is 2. The average molecular weight is 671 g/mol. The van der Waals surface area contributed by atoms with Crippen LogP contribution in [0, 0.1) is 0 Å². The molecule has 0 saturated carbocycles. The predicted molar refractivity (Wildman–Crippen MR) is 176 cm³/mol. The molecule has 6 nitrogen and oxygen atoms in total. The van der Waals surface area contributed by atoms with Gasteiger partial charge in [-0.15, -0.1) is 0 Å². The summed E-state index contributed by atoms with van der Waals surface area (Å²) in [6.45, 7) is 6.63. The van der Waals surface area contributed by atoms with Gasteiger partial charge in [-0.25, -0.2) is 0 Å². The van der Waals surface area contributed by atoms with Crippen LogP contribution in [0.4, 0.5) is 0 Å². The summed E-state index contributed by atoms with van der Waals surface area (Å²) < 4.78 is 13.6. The second-order valence-corrected chi connectivity index (χ2v) is 14.2. The zero-order valence-corrected chi connectivity index (χ0v) is 30.8. The van der Waals surface area contributed by atoms with E-state index in [0.717, 1.165) is 71.5 Å². The van der Waals surface area contributed by atoms with Gasteiger partial charge in [-0.3, -0.25) is 9.59 Å². The average Bonchev–Trinajstić information content (AvgIpc) is 2.90. The van der Waals surface area contributed by atoms with Gasteiger partial charge in [0.1, 0.15) is 0 Å². The summed E-state index contributed by atoms with van der Waals surface area (Å²) in [5, 5.41) is 0. The first kappa shape index (κ1) is 41.6. The van der Waals surface area contributed by atoms with E-state index < -0.39 is 0 Å². The number of esters is 2. The second kappa shape index (κ2) is 23.0. The summed E-state index contributed by atoms with van der Waals surface area (Å²) >= 11 is 0. The highest BCUT2D eigenvalue weighted by molar-refractivity contribution is 5.76. The molecular formula is C36H66BrN2O4+. The van der Waals surface area contributed by atoms with Gasteiger partial charge >= 0.3 is 11.9 Å². The van der Waals surface area contributed by atoms with Crippen molar-refractivity contribution in [2.24, 2.45) is 0 Å². The molecule has 0 unspecified atom stereocenters. The number of benzene rings is 1. The Bertz CT molecular complexity index is 833. The molecule has 43 heavy (non-hydrogen) atoms. The van der Waals surface area contributed by atoms with Crippen LogP contribution >= 0.6 is 0 Å². The zero-order valence-electron chi connectivity index (χ0n) is 29.2. The molecule has 0 N–H and O–H groups in total. The van der Waals surface area contributed by atoms with Crippen molar-refractivity contribution in [2.45, 2.75) is 129 Å². The molecule has 250 valence electrons. The number of hydrogen-bond acceptors (Lipinski definition) is 4. The molecule has 0 aliphatic carbocycles.